The smallest absolute Gasteiger partial charge is 0.261 e. The molecule has 1 fully saturated rings. The van der Waals surface area contributed by atoms with Gasteiger partial charge in [-0.15, -0.1) is 0 Å². The number of rotatable bonds is 4. The Balaban J connectivity index is 1.71. The number of nitrogens with zero attached hydrogens (tertiary/aromatic N) is 5. The topological polar surface area (TPSA) is 84.0 Å². The van der Waals surface area contributed by atoms with Crippen molar-refractivity contribution >= 4 is 5.91 Å². The molecule has 2 aromatic heterocycles. The van der Waals surface area contributed by atoms with Gasteiger partial charge in [0, 0.05) is 26.0 Å². The van der Waals surface area contributed by atoms with Crippen LogP contribution < -0.4 is 4.74 Å². The number of likely N-dealkylation sites (tertiary alicyclic amines) is 1. The number of aromatic nitrogens is 3. The zero-order chi connectivity index (χ0) is 21.1. The van der Waals surface area contributed by atoms with Crippen LogP contribution in [-0.4, -0.2) is 32.1 Å². The highest BCUT2D eigenvalue weighted by Crippen LogP contribution is 2.35. The lowest BCUT2D eigenvalue weighted by molar-refractivity contribution is 0.0607. The lowest BCUT2D eigenvalue weighted by Crippen LogP contribution is -2.38. The van der Waals surface area contributed by atoms with E-state index >= 15 is 0 Å². The molecule has 0 bridgehead atoms. The highest BCUT2D eigenvalue weighted by Gasteiger charge is 2.33. The number of para-hydroxylation sites is 1. The third kappa shape index (κ3) is 3.64. The van der Waals surface area contributed by atoms with Gasteiger partial charge in [0.05, 0.1) is 17.3 Å². The van der Waals surface area contributed by atoms with Crippen molar-refractivity contribution in [2.45, 2.75) is 32.2 Å². The number of benzene rings is 1. The molecule has 4 rings (SSSR count). The Hall–Kier alpha value is -3.66. The van der Waals surface area contributed by atoms with Crippen molar-refractivity contribution in [2.75, 3.05) is 6.54 Å². The molecule has 1 unspecified atom stereocenters. The van der Waals surface area contributed by atoms with Crippen LogP contribution in [0, 0.1) is 18.3 Å². The van der Waals surface area contributed by atoms with Crippen molar-refractivity contribution in [1.29, 1.82) is 5.26 Å². The Morgan fingerprint density at radius 2 is 2.07 bits per heavy atom. The fraction of sp³-hybridized carbons (Fsp3) is 0.304. The first kappa shape index (κ1) is 19.6. The molecule has 0 N–H and O–H groups in total. The lowest BCUT2D eigenvalue weighted by Gasteiger charge is -2.36. The molecule has 1 aliphatic heterocycles. The summed E-state index contributed by atoms with van der Waals surface area (Å²) in [4.78, 5) is 19.8. The molecule has 152 valence electrons. The van der Waals surface area contributed by atoms with Crippen molar-refractivity contribution < 1.29 is 9.53 Å². The van der Waals surface area contributed by atoms with Crippen molar-refractivity contribution in [3.8, 4) is 17.7 Å². The van der Waals surface area contributed by atoms with Crippen molar-refractivity contribution in [3.05, 3.63) is 71.2 Å². The molecule has 1 saturated heterocycles. The first-order valence-corrected chi connectivity index (χ1v) is 10.0. The zero-order valence-corrected chi connectivity index (χ0v) is 17.1. The van der Waals surface area contributed by atoms with E-state index in [4.69, 9.17) is 4.74 Å². The molecular weight excluding hydrogens is 378 g/mol. The summed E-state index contributed by atoms with van der Waals surface area (Å²) >= 11 is 0. The molecule has 0 radical (unpaired) electrons. The van der Waals surface area contributed by atoms with E-state index in [0.717, 1.165) is 24.8 Å². The minimum Gasteiger partial charge on any atom is -0.437 e. The van der Waals surface area contributed by atoms with Crippen LogP contribution in [0.25, 0.3) is 0 Å². The summed E-state index contributed by atoms with van der Waals surface area (Å²) < 4.78 is 7.61. The van der Waals surface area contributed by atoms with Crippen LogP contribution in [0.5, 0.6) is 11.6 Å². The van der Waals surface area contributed by atoms with E-state index < -0.39 is 0 Å². The zero-order valence-electron chi connectivity index (χ0n) is 17.1. The van der Waals surface area contributed by atoms with E-state index in [2.05, 4.69) is 16.2 Å². The van der Waals surface area contributed by atoms with E-state index in [9.17, 15) is 10.1 Å². The summed E-state index contributed by atoms with van der Waals surface area (Å²) in [5.41, 5.74) is 2.47. The van der Waals surface area contributed by atoms with Gasteiger partial charge in [-0.05, 0) is 49.9 Å². The van der Waals surface area contributed by atoms with E-state index in [-0.39, 0.29) is 11.9 Å². The maximum Gasteiger partial charge on any atom is 0.261 e. The quantitative estimate of drug-likeness (QED) is 0.656. The van der Waals surface area contributed by atoms with Gasteiger partial charge in [-0.25, -0.2) is 4.68 Å². The van der Waals surface area contributed by atoms with Gasteiger partial charge in [-0.2, -0.15) is 10.4 Å². The van der Waals surface area contributed by atoms with Gasteiger partial charge in [0.2, 0.25) is 5.88 Å². The molecule has 0 saturated carbocycles. The average Bonchev–Trinajstić information content (AvgIpc) is 3.07. The van der Waals surface area contributed by atoms with Gasteiger partial charge in [0.1, 0.15) is 17.4 Å². The third-order valence-electron chi connectivity index (χ3n) is 5.43. The molecule has 30 heavy (non-hydrogen) atoms. The van der Waals surface area contributed by atoms with Crippen LogP contribution in [0.4, 0.5) is 0 Å². The monoisotopic (exact) mass is 401 g/mol. The Kier molecular flexibility index (Phi) is 5.48. The molecule has 1 aromatic carbocycles. The molecular formula is C23H23N5O2. The first-order chi connectivity index (χ1) is 14.6. The van der Waals surface area contributed by atoms with Crippen LogP contribution in [0.3, 0.4) is 0 Å². The Labute approximate surface area is 175 Å². The number of nitriles is 1. The minimum absolute atomic E-state index is 0.0289. The predicted octanol–water partition coefficient (Wildman–Crippen LogP) is 4.15. The fourth-order valence-corrected chi connectivity index (χ4v) is 3.99. The van der Waals surface area contributed by atoms with Gasteiger partial charge >= 0.3 is 0 Å². The predicted molar refractivity (Wildman–Crippen MR) is 111 cm³/mol. The second-order valence-electron chi connectivity index (χ2n) is 7.40. The van der Waals surface area contributed by atoms with Crippen molar-refractivity contribution in [2.24, 2.45) is 7.05 Å². The second kappa shape index (κ2) is 8.37. The van der Waals surface area contributed by atoms with Crippen molar-refractivity contribution in [1.82, 2.24) is 19.7 Å². The summed E-state index contributed by atoms with van der Waals surface area (Å²) in [5.74, 6) is 0.633. The summed E-state index contributed by atoms with van der Waals surface area (Å²) in [6.45, 7) is 2.47. The number of ether oxygens (including phenoxy) is 1. The molecule has 3 heterocycles. The highest BCUT2D eigenvalue weighted by atomic mass is 16.5. The van der Waals surface area contributed by atoms with E-state index in [1.54, 1.807) is 49.1 Å². The number of piperidine rings is 1. The maximum atomic E-state index is 13.7. The number of carbonyl (C=O) groups is 1. The molecule has 0 spiro atoms. The number of carbonyl (C=O) groups excluding carboxylic acids is 1. The van der Waals surface area contributed by atoms with Gasteiger partial charge in [-0.3, -0.25) is 9.78 Å². The summed E-state index contributed by atoms with van der Waals surface area (Å²) in [5, 5.41) is 13.8. The molecule has 1 amide bonds. The average molecular weight is 401 g/mol. The maximum absolute atomic E-state index is 13.7. The first-order valence-electron chi connectivity index (χ1n) is 10.0. The fourth-order valence-electron chi connectivity index (χ4n) is 3.99. The van der Waals surface area contributed by atoms with Crippen LogP contribution in [0.15, 0.2) is 48.8 Å². The molecule has 3 aromatic rings. The van der Waals surface area contributed by atoms with Crippen LogP contribution in [-0.2, 0) is 7.05 Å². The van der Waals surface area contributed by atoms with E-state index in [1.165, 1.54) is 0 Å². The number of aryl methyl sites for hydroxylation is 2. The van der Waals surface area contributed by atoms with Gasteiger partial charge in [0.25, 0.3) is 5.91 Å². The van der Waals surface area contributed by atoms with E-state index in [0.29, 0.717) is 35.0 Å². The van der Waals surface area contributed by atoms with E-state index in [1.807, 2.05) is 23.2 Å². The van der Waals surface area contributed by atoms with Crippen LogP contribution >= 0.6 is 0 Å². The number of hydrogen-bond acceptors (Lipinski definition) is 5. The van der Waals surface area contributed by atoms with Gasteiger partial charge in [-0.1, -0.05) is 18.2 Å². The number of amides is 1. The van der Waals surface area contributed by atoms with Crippen LogP contribution in [0.2, 0.25) is 0 Å². The molecule has 1 atom stereocenters. The summed E-state index contributed by atoms with van der Waals surface area (Å²) in [6, 6.07) is 13.0. The SMILES string of the molecule is Cc1nn(C)c(Oc2ccccc2C#N)c1C(=O)N1CCCCC1c1cccnc1. The molecule has 1 aliphatic rings. The largest absolute Gasteiger partial charge is 0.437 e. The summed E-state index contributed by atoms with van der Waals surface area (Å²) in [6.07, 6.45) is 6.48. The minimum atomic E-state index is -0.112. The standard InChI is InChI=1S/C23H23N5O2/c1-16-21(23(27(2)26-16)30-20-11-4-3-8-17(20)14-24)22(29)28-13-6-5-10-19(28)18-9-7-12-25-15-18/h3-4,7-9,11-12,15,19H,5-6,10,13H2,1-2H3. The molecule has 7 heteroatoms. The highest BCUT2D eigenvalue weighted by molar-refractivity contribution is 5.98. The second-order valence-corrected chi connectivity index (χ2v) is 7.40. The Morgan fingerprint density at radius 1 is 1.23 bits per heavy atom. The number of pyridine rings is 1. The van der Waals surface area contributed by atoms with Crippen molar-refractivity contribution in [3.63, 3.8) is 0 Å². The number of hydrogen-bond donors (Lipinski definition) is 0. The Morgan fingerprint density at radius 3 is 2.83 bits per heavy atom. The summed E-state index contributed by atoms with van der Waals surface area (Å²) in [7, 11) is 1.74. The normalized spacial score (nSPS) is 16.2. The van der Waals surface area contributed by atoms with Crippen LogP contribution in [0.1, 0.15) is 52.5 Å². The van der Waals surface area contributed by atoms with Gasteiger partial charge < -0.3 is 9.64 Å². The lowest BCUT2D eigenvalue weighted by atomic mass is 9.95. The van der Waals surface area contributed by atoms with Gasteiger partial charge in [0.15, 0.2) is 0 Å². The third-order valence-corrected chi connectivity index (χ3v) is 5.43. The Bertz CT molecular complexity index is 1100. The molecule has 0 aliphatic carbocycles. The molecule has 7 nitrogen and oxygen atoms in total.